The number of pyridine rings is 1. The summed E-state index contributed by atoms with van der Waals surface area (Å²) in [6.07, 6.45) is -1.27. The second kappa shape index (κ2) is 15.9. The highest BCUT2D eigenvalue weighted by atomic mass is 32.2. The first-order valence-electron chi connectivity index (χ1n) is 19.7. The quantitative estimate of drug-likeness (QED) is 0.271. The van der Waals surface area contributed by atoms with E-state index in [4.69, 9.17) is 9.47 Å². The van der Waals surface area contributed by atoms with Gasteiger partial charge in [-0.05, 0) is 108 Å². The van der Waals surface area contributed by atoms with Crippen LogP contribution in [0, 0.1) is 17.8 Å². The van der Waals surface area contributed by atoms with E-state index in [1.807, 2.05) is 26.8 Å². The third-order valence-electron chi connectivity index (χ3n) is 12.0. The lowest BCUT2D eigenvalue weighted by Crippen LogP contribution is -2.62. The van der Waals surface area contributed by atoms with Crippen LogP contribution in [0.1, 0.15) is 86.5 Å². The number of carboxylic acid groups (broad SMARTS) is 1. The summed E-state index contributed by atoms with van der Waals surface area (Å²) >= 11 is 0. The summed E-state index contributed by atoms with van der Waals surface area (Å²) in [4.78, 5) is 61.6. The van der Waals surface area contributed by atoms with Gasteiger partial charge in [-0.2, -0.15) is 13.2 Å². The molecule has 2 aromatic rings. The summed E-state index contributed by atoms with van der Waals surface area (Å²) in [5.41, 5.74) is -1.71. The highest BCUT2D eigenvalue weighted by Crippen LogP contribution is 2.48. The molecular formula is C40H52F3N5O9S. The average Bonchev–Trinajstić information content (AvgIpc) is 4.01. The number of benzene rings is 1. The fraction of sp³-hybridized carbons (Fsp3) is 0.625. The number of carbonyl (C=O) groups is 4. The van der Waals surface area contributed by atoms with E-state index in [9.17, 15) is 45.9 Å². The van der Waals surface area contributed by atoms with Crippen molar-refractivity contribution in [1.82, 2.24) is 24.8 Å². The molecular weight excluding hydrogens is 784 g/mol. The monoisotopic (exact) mass is 835 g/mol. The maximum Gasteiger partial charge on any atom is 0.408 e. The minimum absolute atomic E-state index is 0.0570. The molecule has 18 heteroatoms. The Hall–Kier alpha value is -4.61. The highest BCUT2D eigenvalue weighted by molar-refractivity contribution is 7.91. The number of nitrogens with zero attached hydrogens (tertiary/aromatic N) is 3. The van der Waals surface area contributed by atoms with Crippen molar-refractivity contribution in [3.63, 3.8) is 0 Å². The molecule has 3 N–H and O–H groups in total. The number of amides is 4. The molecule has 0 radical (unpaired) electrons. The van der Waals surface area contributed by atoms with Crippen LogP contribution in [0.5, 0.6) is 11.6 Å². The summed E-state index contributed by atoms with van der Waals surface area (Å²) in [6, 6.07) is 1.11. The van der Waals surface area contributed by atoms with Gasteiger partial charge in [-0.25, -0.2) is 18.2 Å². The number of alkyl halides is 3. The molecule has 3 fully saturated rings. The van der Waals surface area contributed by atoms with Crippen molar-refractivity contribution in [1.29, 1.82) is 0 Å². The van der Waals surface area contributed by atoms with Crippen molar-refractivity contribution < 1.29 is 55.3 Å². The number of nitrogens with one attached hydrogen (secondary N) is 2. The van der Waals surface area contributed by atoms with Crippen LogP contribution in [0.4, 0.5) is 18.0 Å². The molecule has 14 nitrogen and oxygen atoms in total. The molecule has 0 spiro atoms. The van der Waals surface area contributed by atoms with Crippen LogP contribution in [0.15, 0.2) is 42.6 Å². The Labute approximate surface area is 335 Å². The van der Waals surface area contributed by atoms with Crippen LogP contribution in [0.25, 0.3) is 10.8 Å². The summed E-state index contributed by atoms with van der Waals surface area (Å²) in [5, 5.41) is 14.3. The smallest absolute Gasteiger partial charge is 0.408 e. The summed E-state index contributed by atoms with van der Waals surface area (Å²) in [7, 11) is -4.11. The maximum absolute atomic E-state index is 14.9. The number of rotatable bonds is 9. The largest absolute Gasteiger partial charge is 0.491 e. The van der Waals surface area contributed by atoms with Gasteiger partial charge in [0.15, 0.2) is 0 Å². The Morgan fingerprint density at radius 1 is 1.12 bits per heavy atom. The lowest BCUT2D eigenvalue weighted by molar-refractivity contribution is -0.184. The predicted molar refractivity (Wildman–Crippen MR) is 206 cm³/mol. The number of hydrogen-bond acceptors (Lipinski definition) is 9. The van der Waals surface area contributed by atoms with Crippen molar-refractivity contribution >= 4 is 44.6 Å². The molecule has 3 heterocycles. The number of fused-ring (bicyclic) bond motifs is 3. The normalized spacial score (nSPS) is 29.9. The molecule has 0 bridgehead atoms. The molecule has 6 rings (SSSR count). The Morgan fingerprint density at radius 2 is 1.83 bits per heavy atom. The topological polar surface area (TPSA) is 185 Å². The minimum Gasteiger partial charge on any atom is -0.491 e. The molecule has 2 aliphatic heterocycles. The van der Waals surface area contributed by atoms with Crippen LogP contribution in [-0.4, -0.2) is 105 Å². The van der Waals surface area contributed by atoms with E-state index in [0.29, 0.717) is 49.1 Å². The third kappa shape index (κ3) is 8.71. The van der Waals surface area contributed by atoms with Gasteiger partial charge in [0.1, 0.15) is 35.5 Å². The van der Waals surface area contributed by atoms with E-state index in [-0.39, 0.29) is 48.6 Å². The van der Waals surface area contributed by atoms with Crippen LogP contribution in [0.2, 0.25) is 0 Å². The van der Waals surface area contributed by atoms with Crippen LogP contribution < -0.4 is 19.5 Å². The number of allylic oxidation sites excluding steroid dienone is 1. The Kier molecular flexibility index (Phi) is 11.8. The van der Waals surface area contributed by atoms with Gasteiger partial charge in [0, 0.05) is 23.9 Å². The standard InChI is InChI=1S/C40H52F3N5O9S/c1-22(2)56-28-11-12-30-26(18-28)13-16-44-34(30)57-29-19-31-33(49)45-39(36(51)46-58(54,55)38(6)14-15-38)20-27(39)10-8-7-9-23(3)17-24(4)32(35(50)47(31)21-29)48(37(52)53)25(5)40(41,42)43/h8,10-13,16,18,22-25,27,29,31-32H,7,9,14-15,17,19-21H2,1-6H3,(H,45,49)(H,46,51)(H,52,53)/b10-8-/t23-,24-,25-,27-,29-,31+,32+,39-/m1/s1. The van der Waals surface area contributed by atoms with E-state index in [1.54, 1.807) is 30.3 Å². The van der Waals surface area contributed by atoms with Crippen molar-refractivity contribution in [2.45, 2.75) is 133 Å². The number of ether oxygens (including phenoxy) is 2. The lowest BCUT2D eigenvalue weighted by Gasteiger charge is -2.40. The minimum atomic E-state index is -5.03. The van der Waals surface area contributed by atoms with Gasteiger partial charge in [-0.1, -0.05) is 26.0 Å². The zero-order valence-electron chi connectivity index (χ0n) is 33.4. The zero-order valence-corrected chi connectivity index (χ0v) is 34.2. The Bertz CT molecular complexity index is 2080. The molecule has 2 aliphatic carbocycles. The van der Waals surface area contributed by atoms with E-state index in [0.717, 1.165) is 4.90 Å². The molecule has 318 valence electrons. The molecule has 1 aromatic carbocycles. The molecule has 58 heavy (non-hydrogen) atoms. The number of carbonyl (C=O) groups excluding carboxylic acids is 3. The molecule has 1 saturated heterocycles. The average molecular weight is 836 g/mol. The second-order valence-electron chi connectivity index (χ2n) is 17.0. The van der Waals surface area contributed by atoms with Crippen molar-refractivity contribution in [3.05, 3.63) is 42.6 Å². The second-order valence-corrected chi connectivity index (χ2v) is 19.2. The van der Waals surface area contributed by atoms with Crippen LogP contribution >= 0.6 is 0 Å². The van der Waals surface area contributed by atoms with Gasteiger partial charge < -0.3 is 24.8 Å². The van der Waals surface area contributed by atoms with Gasteiger partial charge in [0.25, 0.3) is 5.91 Å². The van der Waals surface area contributed by atoms with Crippen molar-refractivity contribution in [2.24, 2.45) is 17.8 Å². The molecule has 4 amide bonds. The van der Waals surface area contributed by atoms with E-state index < -0.39 is 86.4 Å². The fourth-order valence-corrected chi connectivity index (χ4v) is 9.49. The number of aromatic nitrogens is 1. The van der Waals surface area contributed by atoms with E-state index in [1.165, 1.54) is 20.0 Å². The van der Waals surface area contributed by atoms with Crippen molar-refractivity contribution in [3.8, 4) is 11.6 Å². The summed E-state index contributed by atoms with van der Waals surface area (Å²) in [5.74, 6) is -3.80. The van der Waals surface area contributed by atoms with E-state index >= 15 is 0 Å². The predicted octanol–water partition coefficient (Wildman–Crippen LogP) is 5.56. The maximum atomic E-state index is 14.9. The molecule has 4 aliphatic rings. The lowest BCUT2D eigenvalue weighted by atomic mass is 9.86. The molecule has 2 saturated carbocycles. The van der Waals surface area contributed by atoms with Gasteiger partial charge in [-0.3, -0.25) is 24.0 Å². The number of halogens is 3. The zero-order chi connectivity index (χ0) is 42.5. The fourth-order valence-electron chi connectivity index (χ4n) is 8.18. The third-order valence-corrected chi connectivity index (χ3v) is 14.1. The number of sulfonamides is 1. The molecule has 8 atom stereocenters. The molecule has 0 unspecified atom stereocenters. The first kappa shape index (κ1) is 43.0. The Morgan fingerprint density at radius 3 is 2.47 bits per heavy atom. The van der Waals surface area contributed by atoms with Gasteiger partial charge in [-0.15, -0.1) is 0 Å². The van der Waals surface area contributed by atoms with Gasteiger partial charge in [0.2, 0.25) is 27.7 Å². The van der Waals surface area contributed by atoms with Crippen molar-refractivity contribution in [2.75, 3.05) is 6.54 Å². The van der Waals surface area contributed by atoms with Crippen LogP contribution in [0.3, 0.4) is 0 Å². The summed E-state index contributed by atoms with van der Waals surface area (Å²) in [6.45, 7) is 9.00. The first-order chi connectivity index (χ1) is 27.1. The van der Waals surface area contributed by atoms with Gasteiger partial charge >= 0.3 is 12.3 Å². The number of hydrogen-bond donors (Lipinski definition) is 3. The molecule has 1 aromatic heterocycles. The van der Waals surface area contributed by atoms with Crippen LogP contribution in [-0.2, 0) is 24.4 Å². The first-order valence-corrected chi connectivity index (χ1v) is 21.2. The SMILES string of the molecule is CC(C)Oc1ccc2c(O[C@@H]3C[C@H]4C(=O)N[C@]5(C(=O)NS(=O)(=O)C6(C)CC6)C[C@H]5/C=C\CC[C@@H](C)C[C@@H](C)[C@H](N(C(=O)O)[C@H](C)C(F)(F)F)C(=O)N4C3)nccc2c1. The van der Waals surface area contributed by atoms with Gasteiger partial charge in [0.05, 0.1) is 17.4 Å². The summed E-state index contributed by atoms with van der Waals surface area (Å²) < 4.78 is 82.6. The Balaban J connectivity index is 1.40. The van der Waals surface area contributed by atoms with E-state index in [2.05, 4.69) is 15.0 Å². The highest BCUT2D eigenvalue weighted by Gasteiger charge is 2.63.